The van der Waals surface area contributed by atoms with E-state index in [4.69, 9.17) is 27.7 Å². The van der Waals surface area contributed by atoms with Crippen molar-refractivity contribution in [3.05, 3.63) is 94.2 Å². The maximum atomic E-state index is 13.3. The lowest BCUT2D eigenvalue weighted by atomic mass is 10.1. The van der Waals surface area contributed by atoms with Crippen molar-refractivity contribution >= 4 is 39.9 Å². The number of ketones is 1. The number of phenolic OH excluding ortho intramolecular Hbond substituents is 1. The second-order valence-electron chi connectivity index (χ2n) is 7.07. The van der Waals surface area contributed by atoms with E-state index in [1.807, 2.05) is 12.1 Å². The van der Waals surface area contributed by atoms with Crippen molar-refractivity contribution < 1.29 is 14.4 Å². The first-order valence-electron chi connectivity index (χ1n) is 9.55. The molecule has 158 valence electrons. The molecule has 0 spiro atoms. The molecule has 9 heteroatoms. The van der Waals surface area contributed by atoms with E-state index >= 15 is 0 Å². The van der Waals surface area contributed by atoms with Gasteiger partial charge in [0, 0.05) is 34.9 Å². The van der Waals surface area contributed by atoms with Crippen LogP contribution >= 0.6 is 23.2 Å². The fourth-order valence-corrected chi connectivity index (χ4v) is 3.95. The van der Waals surface area contributed by atoms with Gasteiger partial charge in [0.1, 0.15) is 10.9 Å². The van der Waals surface area contributed by atoms with Crippen LogP contribution in [0, 0.1) is 0 Å². The van der Waals surface area contributed by atoms with Gasteiger partial charge in [0.25, 0.3) is 11.7 Å². The normalized spacial score (nSPS) is 11.2. The predicted molar refractivity (Wildman–Crippen MR) is 120 cm³/mol. The Balaban J connectivity index is 1.60. The highest BCUT2D eigenvalue weighted by molar-refractivity contribution is 6.36. The van der Waals surface area contributed by atoms with Gasteiger partial charge in [-0.05, 0) is 48.0 Å². The number of halogens is 2. The number of benzene rings is 2. The maximum Gasteiger partial charge on any atom is 0.299 e. The van der Waals surface area contributed by atoms with Gasteiger partial charge < -0.3 is 14.2 Å². The summed E-state index contributed by atoms with van der Waals surface area (Å²) < 4.78 is 7.01. The average Bonchev–Trinajstić information content (AvgIpc) is 3.39. The van der Waals surface area contributed by atoms with Crippen LogP contribution in [0.15, 0.2) is 71.5 Å². The molecular weight excluding hydrogens is 451 g/mol. The average molecular weight is 465 g/mol. The van der Waals surface area contributed by atoms with Crippen LogP contribution in [0.3, 0.4) is 0 Å². The molecule has 3 aromatic heterocycles. The van der Waals surface area contributed by atoms with Gasteiger partial charge in [-0.3, -0.25) is 9.78 Å². The summed E-state index contributed by atoms with van der Waals surface area (Å²) in [7, 11) is 0. The van der Waals surface area contributed by atoms with E-state index in [0.717, 1.165) is 5.56 Å². The summed E-state index contributed by atoms with van der Waals surface area (Å²) in [5.41, 5.74) is 2.41. The minimum atomic E-state index is -0.539. The van der Waals surface area contributed by atoms with Crippen molar-refractivity contribution in [2.24, 2.45) is 0 Å². The molecule has 0 atom stereocenters. The smallest absolute Gasteiger partial charge is 0.299 e. The third-order valence-corrected chi connectivity index (χ3v) is 5.65. The van der Waals surface area contributed by atoms with Crippen LogP contribution in [0.25, 0.3) is 22.3 Å². The minimum absolute atomic E-state index is 0.00781. The Hall–Kier alpha value is -3.68. The Kier molecular flexibility index (Phi) is 5.13. The molecule has 0 fully saturated rings. The zero-order valence-electron chi connectivity index (χ0n) is 16.4. The molecule has 1 N–H and O–H groups in total. The van der Waals surface area contributed by atoms with Crippen LogP contribution < -0.4 is 0 Å². The molecule has 0 amide bonds. The van der Waals surface area contributed by atoms with Gasteiger partial charge in [-0.15, -0.1) is 0 Å². The van der Waals surface area contributed by atoms with Gasteiger partial charge in [0.2, 0.25) is 5.82 Å². The van der Waals surface area contributed by atoms with Crippen LogP contribution in [0.5, 0.6) is 5.75 Å². The highest BCUT2D eigenvalue weighted by Gasteiger charge is 2.27. The predicted octanol–water partition coefficient (Wildman–Crippen LogP) is 5.38. The van der Waals surface area contributed by atoms with Crippen LogP contribution in [0.4, 0.5) is 0 Å². The minimum Gasteiger partial charge on any atom is -0.508 e. The number of aromatic hydroxyl groups is 1. The number of hydrogen-bond donors (Lipinski definition) is 1. The SMILES string of the molecule is O=C(c1nc(-c2cccnc2)no1)c1c(Cl)n(Cc2ccc(Cl)cc2)c2ccc(O)cc12. The van der Waals surface area contributed by atoms with Crippen molar-refractivity contribution in [2.75, 3.05) is 0 Å². The highest BCUT2D eigenvalue weighted by Crippen LogP contribution is 2.35. The number of fused-ring (bicyclic) bond motifs is 1. The number of pyridine rings is 1. The van der Waals surface area contributed by atoms with E-state index in [-0.39, 0.29) is 28.2 Å². The molecular formula is C23H14Cl2N4O3. The molecule has 0 unspecified atom stereocenters. The van der Waals surface area contributed by atoms with Crippen molar-refractivity contribution in [2.45, 2.75) is 6.54 Å². The van der Waals surface area contributed by atoms with Gasteiger partial charge in [-0.1, -0.05) is 40.5 Å². The Labute approximate surface area is 191 Å². The summed E-state index contributed by atoms with van der Waals surface area (Å²) in [5.74, 6) is -0.499. The Bertz CT molecular complexity index is 1440. The molecule has 5 rings (SSSR count). The molecule has 32 heavy (non-hydrogen) atoms. The molecule has 0 radical (unpaired) electrons. The van der Waals surface area contributed by atoms with Crippen LogP contribution in [0.1, 0.15) is 21.8 Å². The summed E-state index contributed by atoms with van der Waals surface area (Å²) in [6.07, 6.45) is 3.19. The molecule has 0 bridgehead atoms. The van der Waals surface area contributed by atoms with E-state index < -0.39 is 5.78 Å². The van der Waals surface area contributed by atoms with Crippen LogP contribution in [-0.2, 0) is 6.54 Å². The first-order chi connectivity index (χ1) is 15.5. The molecule has 3 heterocycles. The number of rotatable bonds is 5. The van der Waals surface area contributed by atoms with Crippen molar-refractivity contribution in [3.8, 4) is 17.1 Å². The van der Waals surface area contributed by atoms with Crippen molar-refractivity contribution in [1.29, 1.82) is 0 Å². The van der Waals surface area contributed by atoms with Gasteiger partial charge in [0.15, 0.2) is 0 Å². The summed E-state index contributed by atoms with van der Waals surface area (Å²) in [5, 5.41) is 15.2. The number of hydrogen-bond acceptors (Lipinski definition) is 6. The Morgan fingerprint density at radius 3 is 2.66 bits per heavy atom. The third kappa shape index (κ3) is 3.62. The second-order valence-corrected chi connectivity index (χ2v) is 7.87. The number of aromatic nitrogens is 4. The van der Waals surface area contributed by atoms with Gasteiger partial charge in [-0.2, -0.15) is 4.98 Å². The zero-order valence-corrected chi connectivity index (χ0v) is 17.9. The number of carbonyl (C=O) groups is 1. The molecule has 5 aromatic rings. The first-order valence-corrected chi connectivity index (χ1v) is 10.3. The lowest BCUT2D eigenvalue weighted by molar-refractivity contribution is 0.0995. The zero-order chi connectivity index (χ0) is 22.2. The third-order valence-electron chi connectivity index (χ3n) is 5.00. The molecule has 0 aliphatic rings. The van der Waals surface area contributed by atoms with Crippen molar-refractivity contribution in [1.82, 2.24) is 19.7 Å². The lowest BCUT2D eigenvalue weighted by Crippen LogP contribution is -2.04. The van der Waals surface area contributed by atoms with Crippen molar-refractivity contribution in [3.63, 3.8) is 0 Å². The number of carbonyl (C=O) groups excluding carboxylic acids is 1. The van der Waals surface area contributed by atoms with E-state index in [2.05, 4.69) is 15.1 Å². The van der Waals surface area contributed by atoms with E-state index in [1.54, 1.807) is 53.4 Å². The molecule has 0 aliphatic heterocycles. The Morgan fingerprint density at radius 1 is 1.09 bits per heavy atom. The summed E-state index contributed by atoms with van der Waals surface area (Å²) in [6, 6.07) is 15.6. The van der Waals surface area contributed by atoms with Gasteiger partial charge in [-0.25, -0.2) is 0 Å². The topological polar surface area (TPSA) is 94.0 Å². The van der Waals surface area contributed by atoms with E-state index in [9.17, 15) is 9.90 Å². The first kappa shape index (κ1) is 20.2. The Morgan fingerprint density at radius 2 is 1.91 bits per heavy atom. The number of nitrogens with zero attached hydrogens (tertiary/aromatic N) is 4. The van der Waals surface area contributed by atoms with Crippen LogP contribution in [0.2, 0.25) is 10.2 Å². The monoisotopic (exact) mass is 464 g/mol. The molecule has 0 saturated carbocycles. The summed E-state index contributed by atoms with van der Waals surface area (Å²) in [4.78, 5) is 21.6. The largest absolute Gasteiger partial charge is 0.508 e. The van der Waals surface area contributed by atoms with E-state index in [0.29, 0.717) is 28.0 Å². The molecule has 0 saturated heterocycles. The van der Waals surface area contributed by atoms with E-state index in [1.165, 1.54) is 6.07 Å². The quantitative estimate of drug-likeness (QED) is 0.351. The van der Waals surface area contributed by atoms with Gasteiger partial charge in [0.05, 0.1) is 11.1 Å². The lowest BCUT2D eigenvalue weighted by Gasteiger charge is -2.08. The summed E-state index contributed by atoms with van der Waals surface area (Å²) in [6.45, 7) is 0.398. The standard InChI is InChI=1S/C23H14Cl2N4O3/c24-15-5-3-13(4-6-15)12-29-18-8-7-16(30)10-17(18)19(21(29)25)20(31)23-27-22(28-32-23)14-2-1-9-26-11-14/h1-11,30H,12H2. The highest BCUT2D eigenvalue weighted by atomic mass is 35.5. The molecule has 0 aliphatic carbocycles. The maximum absolute atomic E-state index is 13.3. The molecule has 2 aromatic carbocycles. The second kappa shape index (κ2) is 8.11. The fourth-order valence-electron chi connectivity index (χ4n) is 3.49. The van der Waals surface area contributed by atoms with Gasteiger partial charge >= 0.3 is 0 Å². The number of phenols is 1. The molecule has 7 nitrogen and oxygen atoms in total. The van der Waals surface area contributed by atoms with Crippen LogP contribution in [-0.4, -0.2) is 30.6 Å². The fraction of sp³-hybridized carbons (Fsp3) is 0.0435. The summed E-state index contributed by atoms with van der Waals surface area (Å²) >= 11 is 12.7.